The van der Waals surface area contributed by atoms with Gasteiger partial charge in [0.05, 0.1) is 11.1 Å². The standard InChI is InChI=1S/C53H34FNO/c54-48-34-47-51(43-23-11-10-21-41(43)48)45-32-29-36(33-46(45)53(47,37-15-4-1-5-16-37)38-17-6-2-7-18-38)35-27-30-40(31-28-35)55(39-19-8-3-9-20-39)49-25-14-24-44-42-22-12-13-26-50(42)56-52(44)49/h1-34H. The van der Waals surface area contributed by atoms with Gasteiger partial charge >= 0.3 is 0 Å². The molecule has 0 saturated carbocycles. The number of para-hydroxylation sites is 3. The minimum Gasteiger partial charge on any atom is -0.454 e. The highest BCUT2D eigenvalue weighted by atomic mass is 19.1. The van der Waals surface area contributed by atoms with Gasteiger partial charge in [-0.15, -0.1) is 0 Å². The third kappa shape index (κ3) is 4.74. The van der Waals surface area contributed by atoms with Crippen molar-refractivity contribution in [2.45, 2.75) is 5.41 Å². The number of fused-ring (bicyclic) bond motifs is 8. The van der Waals surface area contributed by atoms with E-state index in [1.807, 2.05) is 48.5 Å². The van der Waals surface area contributed by atoms with Crippen molar-refractivity contribution in [2.75, 3.05) is 4.90 Å². The molecule has 1 heterocycles. The van der Waals surface area contributed by atoms with Crippen molar-refractivity contribution in [1.82, 2.24) is 0 Å². The molecule has 1 aliphatic carbocycles. The van der Waals surface area contributed by atoms with Gasteiger partial charge in [-0.3, -0.25) is 0 Å². The van der Waals surface area contributed by atoms with Gasteiger partial charge in [0.1, 0.15) is 11.4 Å². The zero-order valence-corrected chi connectivity index (χ0v) is 30.4. The average Bonchev–Trinajstić information content (AvgIpc) is 3.79. The number of anilines is 3. The second-order valence-electron chi connectivity index (χ2n) is 14.5. The monoisotopic (exact) mass is 719 g/mol. The minimum atomic E-state index is -0.733. The quantitative estimate of drug-likeness (QED) is 0.170. The molecule has 3 heteroatoms. The van der Waals surface area contributed by atoms with Gasteiger partial charge in [0.25, 0.3) is 0 Å². The summed E-state index contributed by atoms with van der Waals surface area (Å²) < 4.78 is 22.8. The van der Waals surface area contributed by atoms with Crippen LogP contribution in [0.3, 0.4) is 0 Å². The molecule has 264 valence electrons. The van der Waals surface area contributed by atoms with Crippen molar-refractivity contribution in [3.8, 4) is 22.3 Å². The Balaban J connectivity index is 1.10. The third-order valence-corrected chi connectivity index (χ3v) is 11.6. The molecule has 0 unspecified atom stereocenters. The molecule has 0 saturated heterocycles. The lowest BCUT2D eigenvalue weighted by Crippen LogP contribution is -2.28. The van der Waals surface area contributed by atoms with Crippen LogP contribution in [0.5, 0.6) is 0 Å². The molecule has 0 aliphatic heterocycles. The van der Waals surface area contributed by atoms with E-state index in [2.05, 4.69) is 157 Å². The van der Waals surface area contributed by atoms with E-state index in [1.54, 1.807) is 6.07 Å². The summed E-state index contributed by atoms with van der Waals surface area (Å²) in [6, 6.07) is 71.4. The lowest BCUT2D eigenvalue weighted by Gasteiger charge is -2.34. The molecule has 0 amide bonds. The van der Waals surface area contributed by atoms with Crippen LogP contribution in [0.1, 0.15) is 22.3 Å². The summed E-state index contributed by atoms with van der Waals surface area (Å²) in [4.78, 5) is 2.27. The van der Waals surface area contributed by atoms with Crippen LogP contribution in [0.2, 0.25) is 0 Å². The molecule has 56 heavy (non-hydrogen) atoms. The van der Waals surface area contributed by atoms with Gasteiger partial charge in [-0.2, -0.15) is 0 Å². The Bertz CT molecular complexity index is 3040. The zero-order chi connectivity index (χ0) is 37.2. The molecule has 0 spiro atoms. The Morgan fingerprint density at radius 2 is 1.00 bits per heavy atom. The molecule has 0 radical (unpaired) electrons. The molecule has 1 aromatic heterocycles. The summed E-state index contributed by atoms with van der Waals surface area (Å²) in [5.41, 5.74) is 12.7. The first-order chi connectivity index (χ1) is 27.7. The van der Waals surface area contributed by atoms with Crippen molar-refractivity contribution in [3.63, 3.8) is 0 Å². The van der Waals surface area contributed by atoms with E-state index in [-0.39, 0.29) is 5.82 Å². The summed E-state index contributed by atoms with van der Waals surface area (Å²) >= 11 is 0. The Kier molecular flexibility index (Phi) is 7.30. The second-order valence-corrected chi connectivity index (χ2v) is 14.5. The summed E-state index contributed by atoms with van der Waals surface area (Å²) in [6.45, 7) is 0. The lowest BCUT2D eigenvalue weighted by molar-refractivity contribution is 0.633. The molecule has 11 rings (SSSR count). The third-order valence-electron chi connectivity index (χ3n) is 11.6. The van der Waals surface area contributed by atoms with Crippen molar-refractivity contribution in [1.29, 1.82) is 0 Å². The van der Waals surface area contributed by atoms with Crippen LogP contribution in [-0.2, 0) is 5.41 Å². The number of hydrogen-bond donors (Lipinski definition) is 0. The average molecular weight is 720 g/mol. The Morgan fingerprint density at radius 3 is 1.71 bits per heavy atom. The Hall–Kier alpha value is -7.23. The van der Waals surface area contributed by atoms with Crippen molar-refractivity contribution in [2.24, 2.45) is 0 Å². The highest BCUT2D eigenvalue weighted by Crippen LogP contribution is 2.58. The summed E-state index contributed by atoms with van der Waals surface area (Å²) in [6.07, 6.45) is 0. The van der Waals surface area contributed by atoms with Gasteiger partial charge in [-0.25, -0.2) is 4.39 Å². The van der Waals surface area contributed by atoms with Crippen LogP contribution in [-0.4, -0.2) is 0 Å². The Morgan fingerprint density at radius 1 is 0.429 bits per heavy atom. The van der Waals surface area contributed by atoms with Crippen LogP contribution in [0.4, 0.5) is 21.5 Å². The first-order valence-corrected chi connectivity index (χ1v) is 19.0. The first-order valence-electron chi connectivity index (χ1n) is 19.0. The maximum Gasteiger partial charge on any atom is 0.159 e. The lowest BCUT2D eigenvalue weighted by atomic mass is 9.67. The number of benzene rings is 9. The fraction of sp³-hybridized carbons (Fsp3) is 0.0189. The number of halogens is 1. The van der Waals surface area contributed by atoms with Gasteiger partial charge in [0, 0.05) is 27.5 Å². The van der Waals surface area contributed by atoms with Crippen LogP contribution in [0, 0.1) is 5.82 Å². The van der Waals surface area contributed by atoms with Crippen molar-refractivity contribution >= 4 is 49.8 Å². The van der Waals surface area contributed by atoms with E-state index in [4.69, 9.17) is 4.42 Å². The highest BCUT2D eigenvalue weighted by molar-refractivity contribution is 6.10. The molecule has 9 aromatic carbocycles. The van der Waals surface area contributed by atoms with E-state index in [9.17, 15) is 0 Å². The van der Waals surface area contributed by atoms with Crippen molar-refractivity contribution in [3.05, 3.63) is 234 Å². The maximum absolute atomic E-state index is 16.3. The van der Waals surface area contributed by atoms with Crippen LogP contribution < -0.4 is 4.90 Å². The van der Waals surface area contributed by atoms with Crippen LogP contribution in [0.15, 0.2) is 211 Å². The fourth-order valence-corrected chi connectivity index (χ4v) is 9.19. The van der Waals surface area contributed by atoms with E-state index >= 15 is 4.39 Å². The molecule has 1 aliphatic rings. The van der Waals surface area contributed by atoms with Gasteiger partial charge in [0.2, 0.25) is 0 Å². The predicted molar refractivity (Wildman–Crippen MR) is 229 cm³/mol. The van der Waals surface area contributed by atoms with Gasteiger partial charge < -0.3 is 9.32 Å². The normalized spacial score (nSPS) is 12.9. The van der Waals surface area contributed by atoms with E-state index < -0.39 is 5.41 Å². The van der Waals surface area contributed by atoms with Crippen LogP contribution >= 0.6 is 0 Å². The smallest absolute Gasteiger partial charge is 0.159 e. The number of nitrogens with zero attached hydrogens (tertiary/aromatic N) is 1. The van der Waals surface area contributed by atoms with Crippen molar-refractivity contribution < 1.29 is 8.81 Å². The minimum absolute atomic E-state index is 0.208. The molecule has 0 bridgehead atoms. The van der Waals surface area contributed by atoms with Gasteiger partial charge in [-0.1, -0.05) is 158 Å². The Labute approximate surface area is 324 Å². The topological polar surface area (TPSA) is 16.4 Å². The van der Waals surface area contributed by atoms with E-state index in [0.29, 0.717) is 5.39 Å². The molecule has 0 N–H and O–H groups in total. The molecule has 10 aromatic rings. The summed E-state index contributed by atoms with van der Waals surface area (Å²) in [5, 5.41) is 3.75. The number of hydrogen-bond acceptors (Lipinski definition) is 2. The van der Waals surface area contributed by atoms with Crippen LogP contribution in [0.25, 0.3) is 55.0 Å². The highest BCUT2D eigenvalue weighted by Gasteiger charge is 2.47. The van der Waals surface area contributed by atoms with Gasteiger partial charge in [0.15, 0.2) is 5.58 Å². The molecule has 2 nitrogen and oxygen atoms in total. The van der Waals surface area contributed by atoms with Gasteiger partial charge in [-0.05, 0) is 98.4 Å². The summed E-state index contributed by atoms with van der Waals surface area (Å²) in [5.74, 6) is -0.208. The molecular formula is C53H34FNO. The number of rotatable bonds is 6. The van der Waals surface area contributed by atoms with E-state index in [1.165, 1.54) is 0 Å². The first kappa shape index (κ1) is 32.2. The fourth-order valence-electron chi connectivity index (χ4n) is 9.19. The zero-order valence-electron chi connectivity index (χ0n) is 30.4. The number of furan rings is 1. The molecule has 0 atom stereocenters. The second kappa shape index (κ2) is 12.7. The summed E-state index contributed by atoms with van der Waals surface area (Å²) in [7, 11) is 0. The molecule has 0 fully saturated rings. The van der Waals surface area contributed by atoms with E-state index in [0.717, 1.165) is 88.9 Å². The maximum atomic E-state index is 16.3. The SMILES string of the molecule is Fc1cc2c(c3ccccc13)-c1ccc(-c3ccc(N(c4ccccc4)c4cccc5c4oc4ccccc45)cc3)cc1C2(c1ccccc1)c1ccccc1. The largest absolute Gasteiger partial charge is 0.454 e. The molecular weight excluding hydrogens is 686 g/mol. The predicted octanol–water partition coefficient (Wildman–Crippen LogP) is 14.4.